The molecule has 1 amide bonds. The summed E-state index contributed by atoms with van der Waals surface area (Å²) in [7, 11) is 3.97. The average molecular weight is 425 g/mol. The molecule has 3 rings (SSSR count). The molecule has 1 atom stereocenters. The Bertz CT molecular complexity index is 953. The van der Waals surface area contributed by atoms with Gasteiger partial charge in [0, 0.05) is 18.0 Å². The van der Waals surface area contributed by atoms with E-state index in [0.717, 1.165) is 10.5 Å². The number of aliphatic hydroxyl groups excluding tert-OH is 1. The summed E-state index contributed by atoms with van der Waals surface area (Å²) < 4.78 is 5.69. The number of hydrogen-bond donors (Lipinski definition) is 2. The van der Waals surface area contributed by atoms with Gasteiger partial charge in [-0.25, -0.2) is 0 Å². The summed E-state index contributed by atoms with van der Waals surface area (Å²) in [5.41, 5.74) is 1.30. The minimum Gasteiger partial charge on any atom is -0.507 e. The number of carbonyl (C=O) groups is 2. The van der Waals surface area contributed by atoms with Crippen LogP contribution < -0.4 is 9.64 Å². The summed E-state index contributed by atoms with van der Waals surface area (Å²) in [4.78, 5) is 32.5. The number of benzene rings is 1. The van der Waals surface area contributed by atoms with Crippen LogP contribution in [0.25, 0.3) is 5.76 Å². The highest BCUT2D eigenvalue weighted by Crippen LogP contribution is 2.39. The highest BCUT2D eigenvalue weighted by atomic mass is 16.5. The molecule has 1 saturated heterocycles. The molecule has 0 aliphatic carbocycles. The van der Waals surface area contributed by atoms with Crippen molar-refractivity contribution < 1.29 is 24.3 Å². The number of aromatic nitrogens is 1. The first kappa shape index (κ1) is 22.5. The van der Waals surface area contributed by atoms with Crippen LogP contribution in [0.5, 0.6) is 5.75 Å². The Hall–Kier alpha value is -3.19. The van der Waals surface area contributed by atoms with Crippen molar-refractivity contribution >= 4 is 17.4 Å². The summed E-state index contributed by atoms with van der Waals surface area (Å²) >= 11 is 0. The van der Waals surface area contributed by atoms with E-state index in [0.29, 0.717) is 36.9 Å². The van der Waals surface area contributed by atoms with Crippen LogP contribution in [-0.4, -0.2) is 60.5 Å². The zero-order valence-corrected chi connectivity index (χ0v) is 18.5. The van der Waals surface area contributed by atoms with Crippen molar-refractivity contribution in [1.29, 1.82) is 0 Å². The molecular weight excluding hydrogens is 394 g/mol. The lowest BCUT2D eigenvalue weighted by Crippen LogP contribution is -3.06. The predicted octanol–water partition coefficient (Wildman–Crippen LogP) is 1.68. The summed E-state index contributed by atoms with van der Waals surface area (Å²) in [6.45, 7) is 5.80. The number of amides is 1. The van der Waals surface area contributed by atoms with Gasteiger partial charge in [0.05, 0.1) is 45.4 Å². The van der Waals surface area contributed by atoms with Crippen LogP contribution in [-0.2, 0) is 9.59 Å². The van der Waals surface area contributed by atoms with Gasteiger partial charge >= 0.3 is 0 Å². The van der Waals surface area contributed by atoms with Gasteiger partial charge in [-0.15, -0.1) is 0 Å². The number of pyridine rings is 1. The SMILES string of the molecule is CC(C)COc1ccc(/C(O)=C2\C(=O)C(=O)N(CC[NH+](C)C)[C@@H]2c2ccncc2)cc1. The topological polar surface area (TPSA) is 84.2 Å². The second-order valence-corrected chi connectivity index (χ2v) is 8.46. The first-order valence-corrected chi connectivity index (χ1v) is 10.5. The van der Waals surface area contributed by atoms with Gasteiger partial charge < -0.3 is 19.6 Å². The second-order valence-electron chi connectivity index (χ2n) is 8.46. The summed E-state index contributed by atoms with van der Waals surface area (Å²) in [5.74, 6) is -0.372. The standard InChI is InChI=1S/C24H29N3O4/c1-16(2)15-31-19-7-5-18(6-8-19)22(28)20-21(17-9-11-25-12-10-17)27(14-13-26(3)4)24(30)23(20)29/h5-12,16,21,28H,13-15H2,1-4H3/p+1/b22-20+/t21-/m1/s1. The van der Waals surface area contributed by atoms with Gasteiger partial charge in [-0.2, -0.15) is 0 Å². The highest BCUT2D eigenvalue weighted by Gasteiger charge is 2.46. The third kappa shape index (κ3) is 5.11. The molecule has 7 heteroatoms. The van der Waals surface area contributed by atoms with Crippen molar-refractivity contribution in [2.45, 2.75) is 19.9 Å². The van der Waals surface area contributed by atoms with Crippen molar-refractivity contribution in [1.82, 2.24) is 9.88 Å². The quantitative estimate of drug-likeness (QED) is 0.383. The third-order valence-electron chi connectivity index (χ3n) is 5.13. The Morgan fingerprint density at radius 2 is 1.77 bits per heavy atom. The lowest BCUT2D eigenvalue weighted by Gasteiger charge is -2.25. The van der Waals surface area contributed by atoms with Gasteiger partial charge in [0.2, 0.25) is 0 Å². The number of ketones is 1. The van der Waals surface area contributed by atoms with Gasteiger partial charge in [-0.1, -0.05) is 13.8 Å². The molecule has 2 heterocycles. The molecule has 1 aromatic heterocycles. The van der Waals surface area contributed by atoms with Gasteiger partial charge in [0.15, 0.2) is 0 Å². The second kappa shape index (κ2) is 9.75. The molecule has 1 aromatic carbocycles. The van der Waals surface area contributed by atoms with Crippen LogP contribution in [0.3, 0.4) is 0 Å². The van der Waals surface area contributed by atoms with E-state index in [2.05, 4.69) is 18.8 Å². The summed E-state index contributed by atoms with van der Waals surface area (Å²) in [6.07, 6.45) is 3.24. The molecule has 1 aliphatic rings. The molecule has 0 saturated carbocycles. The molecule has 1 aliphatic heterocycles. The van der Waals surface area contributed by atoms with Crippen LogP contribution >= 0.6 is 0 Å². The van der Waals surface area contributed by atoms with Crippen molar-refractivity contribution in [3.8, 4) is 5.75 Å². The number of ether oxygens (including phenoxy) is 1. The number of carbonyl (C=O) groups excluding carboxylic acids is 2. The molecule has 2 aromatic rings. The molecule has 0 bridgehead atoms. The number of likely N-dealkylation sites (N-methyl/N-ethyl adjacent to an activating group) is 1. The summed E-state index contributed by atoms with van der Waals surface area (Å²) in [5, 5.41) is 11.1. The first-order valence-electron chi connectivity index (χ1n) is 10.5. The van der Waals surface area contributed by atoms with Crippen molar-refractivity contribution in [3.05, 3.63) is 65.5 Å². The molecule has 31 heavy (non-hydrogen) atoms. The number of hydrogen-bond acceptors (Lipinski definition) is 5. The Labute approximate surface area is 183 Å². The number of rotatable bonds is 8. The summed E-state index contributed by atoms with van der Waals surface area (Å²) in [6, 6.07) is 9.79. The Balaban J connectivity index is 2.00. The van der Waals surface area contributed by atoms with Crippen LogP contribution in [0.15, 0.2) is 54.4 Å². The van der Waals surface area contributed by atoms with Crippen LogP contribution in [0, 0.1) is 5.92 Å². The Morgan fingerprint density at radius 3 is 2.35 bits per heavy atom. The maximum absolute atomic E-state index is 12.9. The average Bonchev–Trinajstić information content (AvgIpc) is 3.01. The van der Waals surface area contributed by atoms with Gasteiger partial charge in [0.25, 0.3) is 11.7 Å². The number of quaternary nitrogens is 1. The molecular formula is C24H30N3O4+. The van der Waals surface area contributed by atoms with Crippen molar-refractivity contribution in [3.63, 3.8) is 0 Å². The molecule has 7 nitrogen and oxygen atoms in total. The minimum absolute atomic E-state index is 0.0980. The van der Waals surface area contributed by atoms with Crippen LogP contribution in [0.2, 0.25) is 0 Å². The van der Waals surface area contributed by atoms with E-state index >= 15 is 0 Å². The van der Waals surface area contributed by atoms with Crippen LogP contribution in [0.4, 0.5) is 0 Å². The lowest BCUT2D eigenvalue weighted by molar-refractivity contribution is -0.857. The number of aliphatic hydroxyl groups is 1. The molecule has 0 radical (unpaired) electrons. The van der Waals surface area contributed by atoms with Crippen LogP contribution in [0.1, 0.15) is 31.0 Å². The van der Waals surface area contributed by atoms with E-state index in [4.69, 9.17) is 4.74 Å². The van der Waals surface area contributed by atoms with E-state index in [1.165, 1.54) is 4.90 Å². The lowest BCUT2D eigenvalue weighted by atomic mass is 9.96. The fraction of sp³-hybridized carbons (Fsp3) is 0.375. The number of likely N-dealkylation sites (tertiary alicyclic amines) is 1. The normalized spacial score (nSPS) is 18.3. The smallest absolute Gasteiger partial charge is 0.295 e. The van der Waals surface area contributed by atoms with Crippen molar-refractivity contribution in [2.75, 3.05) is 33.8 Å². The highest BCUT2D eigenvalue weighted by molar-refractivity contribution is 6.46. The molecule has 164 valence electrons. The fourth-order valence-electron chi connectivity index (χ4n) is 3.47. The van der Waals surface area contributed by atoms with E-state index in [-0.39, 0.29) is 11.3 Å². The minimum atomic E-state index is -0.673. The molecule has 2 N–H and O–H groups in total. The third-order valence-corrected chi connectivity index (χ3v) is 5.13. The van der Waals surface area contributed by atoms with Gasteiger partial charge in [-0.3, -0.25) is 14.6 Å². The monoisotopic (exact) mass is 424 g/mol. The molecule has 1 fully saturated rings. The zero-order chi connectivity index (χ0) is 22.5. The zero-order valence-electron chi connectivity index (χ0n) is 18.5. The number of Topliss-reactive ketones (excluding diaryl/α,β-unsaturated/α-hetero) is 1. The van der Waals surface area contributed by atoms with Gasteiger partial charge in [0.1, 0.15) is 11.5 Å². The maximum atomic E-state index is 12.9. The Morgan fingerprint density at radius 1 is 1.13 bits per heavy atom. The van der Waals surface area contributed by atoms with E-state index in [1.807, 2.05) is 14.1 Å². The van der Waals surface area contributed by atoms with E-state index in [1.54, 1.807) is 48.8 Å². The molecule has 0 spiro atoms. The first-order chi connectivity index (χ1) is 14.8. The number of nitrogens with zero attached hydrogens (tertiary/aromatic N) is 2. The predicted molar refractivity (Wildman–Crippen MR) is 118 cm³/mol. The molecule has 0 unspecified atom stereocenters. The van der Waals surface area contributed by atoms with Crippen molar-refractivity contribution in [2.24, 2.45) is 5.92 Å². The largest absolute Gasteiger partial charge is 0.507 e. The Kier molecular flexibility index (Phi) is 7.07. The number of nitrogens with one attached hydrogen (secondary N) is 1. The van der Waals surface area contributed by atoms with Gasteiger partial charge in [-0.05, 0) is 47.9 Å². The maximum Gasteiger partial charge on any atom is 0.295 e. The van der Waals surface area contributed by atoms with E-state index in [9.17, 15) is 14.7 Å². The fourth-order valence-corrected chi connectivity index (χ4v) is 3.47. The van der Waals surface area contributed by atoms with E-state index < -0.39 is 17.7 Å².